The quantitative estimate of drug-likeness (QED) is 0.425. The lowest BCUT2D eigenvalue weighted by atomic mass is 10.0. The molecule has 4 aromatic rings. The maximum absolute atomic E-state index is 13.0. The van der Waals surface area contributed by atoms with Crippen LogP contribution in [0.4, 0.5) is 0 Å². The highest BCUT2D eigenvalue weighted by atomic mass is 32.2. The van der Waals surface area contributed by atoms with E-state index in [-0.39, 0.29) is 16.6 Å². The van der Waals surface area contributed by atoms with Crippen LogP contribution in [-0.2, 0) is 16.3 Å². The molecule has 2 heterocycles. The summed E-state index contributed by atoms with van der Waals surface area (Å²) in [6.45, 7) is 4.07. The van der Waals surface area contributed by atoms with E-state index in [1.807, 2.05) is 19.9 Å². The van der Waals surface area contributed by atoms with Crippen molar-refractivity contribution >= 4 is 26.7 Å². The second kappa shape index (κ2) is 8.43. The Morgan fingerprint density at radius 2 is 1.77 bits per heavy atom. The number of carbonyl (C=O) groups excluding carboxylic acids is 1. The second-order valence-corrected chi connectivity index (χ2v) is 9.78. The van der Waals surface area contributed by atoms with Crippen molar-refractivity contribution in [1.29, 1.82) is 0 Å². The monoisotopic (exact) mass is 433 g/mol. The van der Waals surface area contributed by atoms with E-state index in [9.17, 15) is 13.2 Å². The minimum Gasteiger partial charge on any atom is -0.294 e. The van der Waals surface area contributed by atoms with E-state index in [2.05, 4.69) is 15.2 Å². The van der Waals surface area contributed by atoms with Crippen molar-refractivity contribution in [2.24, 2.45) is 0 Å². The molecule has 0 saturated heterocycles. The summed E-state index contributed by atoms with van der Waals surface area (Å²) in [7, 11) is -3.59. The summed E-state index contributed by atoms with van der Waals surface area (Å²) in [4.78, 5) is 17.3. The number of aryl methyl sites for hydroxylation is 1. The van der Waals surface area contributed by atoms with Crippen molar-refractivity contribution in [3.8, 4) is 0 Å². The number of ketones is 1. The molecule has 0 aliphatic carbocycles. The summed E-state index contributed by atoms with van der Waals surface area (Å²) in [5.41, 5.74) is 3.07. The number of carbonyl (C=O) groups is 1. The Bertz CT molecular complexity index is 1340. The molecule has 0 aliphatic rings. The maximum Gasteiger partial charge on any atom is 0.206 e. The molecule has 2 aromatic heterocycles. The fourth-order valence-electron chi connectivity index (χ4n) is 3.40. The SMILES string of the molecule is CC(C)c1cccc(S(=O)(=O)c2ccc(CCC(=O)c3cnc4[nH]ncc4c3)cc2)c1. The van der Waals surface area contributed by atoms with Gasteiger partial charge in [-0.15, -0.1) is 0 Å². The van der Waals surface area contributed by atoms with Crippen LogP contribution in [0.5, 0.6) is 0 Å². The van der Waals surface area contributed by atoms with Crippen LogP contribution in [0.3, 0.4) is 0 Å². The number of aromatic nitrogens is 3. The number of pyridine rings is 1. The Hall–Kier alpha value is -3.32. The van der Waals surface area contributed by atoms with Crippen molar-refractivity contribution in [2.45, 2.75) is 42.4 Å². The molecule has 0 atom stereocenters. The van der Waals surface area contributed by atoms with Gasteiger partial charge in [0.1, 0.15) is 0 Å². The zero-order valence-electron chi connectivity index (χ0n) is 17.4. The van der Waals surface area contributed by atoms with Gasteiger partial charge in [-0.05, 0) is 53.8 Å². The highest BCUT2D eigenvalue weighted by Crippen LogP contribution is 2.25. The van der Waals surface area contributed by atoms with E-state index in [1.165, 1.54) is 0 Å². The molecule has 0 bridgehead atoms. The second-order valence-electron chi connectivity index (χ2n) is 7.83. The van der Waals surface area contributed by atoms with Gasteiger partial charge < -0.3 is 0 Å². The van der Waals surface area contributed by atoms with Crippen LogP contribution in [0.15, 0.2) is 76.8 Å². The number of aromatic amines is 1. The molecule has 0 unspecified atom stereocenters. The third kappa shape index (κ3) is 4.41. The molecule has 0 radical (unpaired) electrons. The van der Waals surface area contributed by atoms with Crippen LogP contribution >= 0.6 is 0 Å². The van der Waals surface area contributed by atoms with Crippen molar-refractivity contribution in [1.82, 2.24) is 15.2 Å². The Balaban J connectivity index is 1.46. The van der Waals surface area contributed by atoms with Gasteiger partial charge in [0.15, 0.2) is 11.4 Å². The summed E-state index contributed by atoms with van der Waals surface area (Å²) in [5, 5.41) is 7.46. The standard InChI is InChI=1S/C24H23N3O3S/c1-16(2)18-4-3-5-22(13-18)31(29,30)21-9-6-17(7-10-21)8-11-23(28)19-12-20-15-26-27-24(20)25-14-19/h3-7,9-10,12-16H,8,11H2,1-2H3,(H,25,26,27). The number of benzene rings is 2. The Labute approximate surface area is 181 Å². The van der Waals surface area contributed by atoms with Crippen molar-refractivity contribution in [3.05, 3.63) is 83.7 Å². The van der Waals surface area contributed by atoms with Gasteiger partial charge in [-0.2, -0.15) is 5.10 Å². The topological polar surface area (TPSA) is 92.8 Å². The van der Waals surface area contributed by atoms with Gasteiger partial charge in [0, 0.05) is 23.6 Å². The molecule has 0 saturated carbocycles. The maximum atomic E-state index is 13.0. The molecular weight excluding hydrogens is 410 g/mol. The predicted octanol–water partition coefficient (Wildman–Crippen LogP) is 4.73. The number of hydrogen-bond acceptors (Lipinski definition) is 5. The van der Waals surface area contributed by atoms with E-state index < -0.39 is 9.84 Å². The predicted molar refractivity (Wildman–Crippen MR) is 119 cm³/mol. The van der Waals surface area contributed by atoms with Crippen LogP contribution in [0.25, 0.3) is 11.0 Å². The zero-order valence-corrected chi connectivity index (χ0v) is 18.2. The third-order valence-electron chi connectivity index (χ3n) is 5.32. The van der Waals surface area contributed by atoms with Gasteiger partial charge >= 0.3 is 0 Å². The molecule has 1 N–H and O–H groups in total. The molecule has 0 fully saturated rings. The molecule has 0 spiro atoms. The summed E-state index contributed by atoms with van der Waals surface area (Å²) in [6.07, 6.45) is 4.01. The largest absolute Gasteiger partial charge is 0.294 e. The summed E-state index contributed by atoms with van der Waals surface area (Å²) >= 11 is 0. The molecule has 2 aromatic carbocycles. The average Bonchev–Trinajstić information content (AvgIpc) is 3.25. The molecule has 0 aliphatic heterocycles. The Morgan fingerprint density at radius 1 is 1.00 bits per heavy atom. The van der Waals surface area contributed by atoms with E-state index in [4.69, 9.17) is 0 Å². The molecule has 0 amide bonds. The number of nitrogens with zero attached hydrogens (tertiary/aromatic N) is 2. The first-order valence-electron chi connectivity index (χ1n) is 10.1. The zero-order chi connectivity index (χ0) is 22.0. The number of fused-ring (bicyclic) bond motifs is 1. The lowest BCUT2D eigenvalue weighted by Crippen LogP contribution is -2.04. The molecule has 6 nitrogen and oxygen atoms in total. The van der Waals surface area contributed by atoms with Gasteiger partial charge in [-0.3, -0.25) is 9.89 Å². The van der Waals surface area contributed by atoms with E-state index in [1.54, 1.807) is 60.9 Å². The Morgan fingerprint density at radius 3 is 2.52 bits per heavy atom. The minimum atomic E-state index is -3.59. The number of rotatable bonds is 7. The highest BCUT2D eigenvalue weighted by Gasteiger charge is 2.18. The average molecular weight is 434 g/mol. The fourth-order valence-corrected chi connectivity index (χ4v) is 4.72. The van der Waals surface area contributed by atoms with E-state index in [0.717, 1.165) is 16.5 Å². The first-order valence-corrected chi connectivity index (χ1v) is 11.6. The molecule has 158 valence electrons. The lowest BCUT2D eigenvalue weighted by Gasteiger charge is -2.10. The van der Waals surface area contributed by atoms with E-state index in [0.29, 0.717) is 28.9 Å². The molecule has 7 heteroatoms. The molecular formula is C24H23N3O3S. The Kier molecular flexibility index (Phi) is 5.69. The van der Waals surface area contributed by atoms with Crippen LogP contribution < -0.4 is 0 Å². The third-order valence-corrected chi connectivity index (χ3v) is 7.09. The number of H-pyrrole nitrogens is 1. The number of hydrogen-bond donors (Lipinski definition) is 1. The van der Waals surface area contributed by atoms with E-state index >= 15 is 0 Å². The highest BCUT2D eigenvalue weighted by molar-refractivity contribution is 7.91. The normalized spacial score (nSPS) is 11.8. The molecule has 31 heavy (non-hydrogen) atoms. The van der Waals surface area contributed by atoms with Crippen molar-refractivity contribution in [2.75, 3.05) is 0 Å². The first kappa shape index (κ1) is 20.9. The number of Topliss-reactive ketones (excluding diaryl/α,β-unsaturated/α-hetero) is 1. The van der Waals surface area contributed by atoms with Crippen molar-refractivity contribution in [3.63, 3.8) is 0 Å². The van der Waals surface area contributed by atoms with Gasteiger partial charge in [0.05, 0.1) is 16.0 Å². The smallest absolute Gasteiger partial charge is 0.206 e. The van der Waals surface area contributed by atoms with Crippen LogP contribution in [0.1, 0.15) is 47.7 Å². The van der Waals surface area contributed by atoms with Gasteiger partial charge in [0.25, 0.3) is 0 Å². The summed E-state index contributed by atoms with van der Waals surface area (Å²) < 4.78 is 26.0. The summed E-state index contributed by atoms with van der Waals surface area (Å²) in [6, 6.07) is 15.6. The minimum absolute atomic E-state index is 0.0159. The van der Waals surface area contributed by atoms with Crippen LogP contribution in [-0.4, -0.2) is 29.4 Å². The number of nitrogens with one attached hydrogen (secondary N) is 1. The first-order chi connectivity index (χ1) is 14.8. The fraction of sp³-hybridized carbons (Fsp3) is 0.208. The lowest BCUT2D eigenvalue weighted by molar-refractivity contribution is 0.0982. The van der Waals surface area contributed by atoms with Crippen molar-refractivity contribution < 1.29 is 13.2 Å². The van der Waals surface area contributed by atoms with Crippen LogP contribution in [0, 0.1) is 0 Å². The van der Waals surface area contributed by atoms with Gasteiger partial charge in [-0.25, -0.2) is 13.4 Å². The number of sulfone groups is 1. The summed E-state index contributed by atoms with van der Waals surface area (Å²) in [5.74, 6) is 0.234. The molecule has 4 rings (SSSR count). The van der Waals surface area contributed by atoms with Crippen LogP contribution in [0.2, 0.25) is 0 Å². The van der Waals surface area contributed by atoms with Gasteiger partial charge in [-0.1, -0.05) is 38.1 Å². The van der Waals surface area contributed by atoms with Gasteiger partial charge in [0.2, 0.25) is 9.84 Å².